The number of hydrogen-bond donors (Lipinski definition) is 2. The van der Waals surface area contributed by atoms with Crippen LogP contribution in [0.5, 0.6) is 0 Å². The topological polar surface area (TPSA) is 57.5 Å². The van der Waals surface area contributed by atoms with Crippen molar-refractivity contribution in [3.8, 4) is 0 Å². The first-order valence-electron chi connectivity index (χ1n) is 14.0. The van der Waals surface area contributed by atoms with Crippen molar-refractivity contribution in [3.63, 3.8) is 0 Å². The monoisotopic (exact) mass is 440 g/mol. The Balaban J connectivity index is 3.58. The zero-order valence-electron chi connectivity index (χ0n) is 21.3. The zero-order valence-corrected chi connectivity index (χ0v) is 21.3. The molecule has 3 nitrogen and oxygen atoms in total. The molecule has 0 saturated heterocycles. The van der Waals surface area contributed by atoms with Gasteiger partial charge in [0.25, 0.3) is 0 Å². The van der Waals surface area contributed by atoms with Gasteiger partial charge in [0.1, 0.15) is 0 Å². The number of carboxylic acid groups (broad SMARTS) is 1. The van der Waals surface area contributed by atoms with Gasteiger partial charge in [0, 0.05) is 0 Å². The molecule has 186 valence electrons. The van der Waals surface area contributed by atoms with E-state index in [9.17, 15) is 15.0 Å². The molecule has 0 aliphatic carbocycles. The number of aliphatic carboxylic acids is 1. The lowest BCUT2D eigenvalue weighted by molar-refractivity contribution is -0.160. The molecule has 0 aliphatic heterocycles. The smallest absolute Gasteiger partial charge is 0.335 e. The van der Waals surface area contributed by atoms with E-state index in [0.29, 0.717) is 12.8 Å². The summed E-state index contributed by atoms with van der Waals surface area (Å²) < 4.78 is 0. The molecule has 0 amide bonds. The number of rotatable bonds is 25. The van der Waals surface area contributed by atoms with Crippen LogP contribution in [0.4, 0.5) is 0 Å². The van der Waals surface area contributed by atoms with Crippen LogP contribution in [-0.2, 0) is 4.79 Å². The number of carboxylic acids is 1. The van der Waals surface area contributed by atoms with Crippen LogP contribution >= 0.6 is 0 Å². The van der Waals surface area contributed by atoms with Gasteiger partial charge in [-0.25, -0.2) is 4.79 Å². The van der Waals surface area contributed by atoms with Crippen molar-refractivity contribution in [3.05, 3.63) is 0 Å². The van der Waals surface area contributed by atoms with E-state index in [2.05, 4.69) is 13.8 Å². The van der Waals surface area contributed by atoms with Gasteiger partial charge in [-0.05, 0) is 25.7 Å². The van der Waals surface area contributed by atoms with Gasteiger partial charge in [-0.15, -0.1) is 0 Å². The Labute approximate surface area is 194 Å². The van der Waals surface area contributed by atoms with Crippen LogP contribution in [0.25, 0.3) is 0 Å². The standard InChI is InChI=1S/C28H56O3/c1-3-5-7-9-11-13-14-15-16-17-18-20-22-24-26-28(31,27(29)30)25-23-21-19-12-10-8-6-4-2/h31H,3-26H2,1-2H3,(H,29,30). The normalized spacial score (nSPS) is 13.4. The predicted octanol–water partition coefficient (Wildman–Crippen LogP) is 9.20. The minimum atomic E-state index is -1.50. The lowest BCUT2D eigenvalue weighted by Gasteiger charge is -2.23. The van der Waals surface area contributed by atoms with Crippen molar-refractivity contribution in [1.82, 2.24) is 0 Å². The minimum absolute atomic E-state index is 0.412. The summed E-state index contributed by atoms with van der Waals surface area (Å²) in [7, 11) is 0. The average Bonchev–Trinajstić information content (AvgIpc) is 2.75. The highest BCUT2D eigenvalue weighted by molar-refractivity contribution is 5.76. The van der Waals surface area contributed by atoms with E-state index in [4.69, 9.17) is 0 Å². The predicted molar refractivity (Wildman–Crippen MR) is 135 cm³/mol. The van der Waals surface area contributed by atoms with Crippen LogP contribution in [0, 0.1) is 0 Å². The second kappa shape index (κ2) is 22.6. The molecule has 0 fully saturated rings. The fraction of sp³-hybridized carbons (Fsp3) is 0.964. The van der Waals surface area contributed by atoms with Crippen molar-refractivity contribution >= 4 is 5.97 Å². The van der Waals surface area contributed by atoms with Gasteiger partial charge in [-0.2, -0.15) is 0 Å². The summed E-state index contributed by atoms with van der Waals surface area (Å²) in [5.41, 5.74) is -1.50. The first-order chi connectivity index (χ1) is 15.1. The van der Waals surface area contributed by atoms with Gasteiger partial charge in [-0.3, -0.25) is 0 Å². The molecule has 0 saturated carbocycles. The molecule has 1 unspecified atom stereocenters. The molecule has 1 atom stereocenters. The average molecular weight is 441 g/mol. The van der Waals surface area contributed by atoms with E-state index >= 15 is 0 Å². The highest BCUT2D eigenvalue weighted by Gasteiger charge is 2.34. The Kier molecular flexibility index (Phi) is 22.2. The van der Waals surface area contributed by atoms with Gasteiger partial charge in [0.15, 0.2) is 5.60 Å². The van der Waals surface area contributed by atoms with Crippen LogP contribution in [0.1, 0.15) is 168 Å². The Morgan fingerprint density at radius 1 is 0.484 bits per heavy atom. The Bertz CT molecular complexity index is 382. The van der Waals surface area contributed by atoms with E-state index in [-0.39, 0.29) is 0 Å². The van der Waals surface area contributed by atoms with Crippen molar-refractivity contribution in [2.45, 2.75) is 174 Å². The van der Waals surface area contributed by atoms with Crippen LogP contribution < -0.4 is 0 Å². The third-order valence-corrected chi connectivity index (χ3v) is 6.79. The van der Waals surface area contributed by atoms with Crippen molar-refractivity contribution in [2.75, 3.05) is 0 Å². The van der Waals surface area contributed by atoms with Crippen LogP contribution in [0.2, 0.25) is 0 Å². The maximum Gasteiger partial charge on any atom is 0.335 e. The highest BCUT2D eigenvalue weighted by atomic mass is 16.4. The molecular weight excluding hydrogens is 384 g/mol. The third-order valence-electron chi connectivity index (χ3n) is 6.79. The lowest BCUT2D eigenvalue weighted by atomic mass is 9.89. The largest absolute Gasteiger partial charge is 0.479 e. The van der Waals surface area contributed by atoms with Gasteiger partial charge < -0.3 is 10.2 Å². The van der Waals surface area contributed by atoms with Gasteiger partial charge in [-0.1, -0.05) is 142 Å². The molecular formula is C28H56O3. The van der Waals surface area contributed by atoms with Crippen molar-refractivity contribution < 1.29 is 15.0 Å². The molecule has 0 spiro atoms. The molecule has 0 aromatic rings. The van der Waals surface area contributed by atoms with E-state index in [1.54, 1.807) is 0 Å². The summed E-state index contributed by atoms with van der Waals surface area (Å²) in [5.74, 6) is -1.02. The number of hydrogen-bond acceptors (Lipinski definition) is 2. The molecule has 0 aromatic heterocycles. The summed E-state index contributed by atoms with van der Waals surface area (Å²) in [4.78, 5) is 11.6. The summed E-state index contributed by atoms with van der Waals surface area (Å²) in [5, 5.41) is 20.0. The first kappa shape index (κ1) is 30.4. The zero-order chi connectivity index (χ0) is 23.0. The first-order valence-corrected chi connectivity index (χ1v) is 14.0. The molecule has 0 aromatic carbocycles. The fourth-order valence-corrected chi connectivity index (χ4v) is 4.50. The second-order valence-corrected chi connectivity index (χ2v) is 9.91. The van der Waals surface area contributed by atoms with Gasteiger partial charge in [0.2, 0.25) is 0 Å². The number of carbonyl (C=O) groups is 1. The number of unbranched alkanes of at least 4 members (excludes halogenated alkanes) is 20. The molecule has 3 heteroatoms. The molecule has 0 heterocycles. The third kappa shape index (κ3) is 19.8. The molecule has 2 N–H and O–H groups in total. The SMILES string of the molecule is CCCCCCCCCCCCCCCCC(O)(CCCCCCCCCC)C(=O)O. The highest BCUT2D eigenvalue weighted by Crippen LogP contribution is 2.24. The Hall–Kier alpha value is -0.570. The van der Waals surface area contributed by atoms with E-state index in [1.165, 1.54) is 109 Å². The maximum absolute atomic E-state index is 11.6. The van der Waals surface area contributed by atoms with E-state index < -0.39 is 11.6 Å². The number of aliphatic hydroxyl groups is 1. The lowest BCUT2D eigenvalue weighted by Crippen LogP contribution is -2.38. The van der Waals surface area contributed by atoms with E-state index in [1.807, 2.05) is 0 Å². The quantitative estimate of drug-likeness (QED) is 0.139. The Morgan fingerprint density at radius 2 is 0.710 bits per heavy atom. The van der Waals surface area contributed by atoms with Crippen molar-refractivity contribution in [2.24, 2.45) is 0 Å². The van der Waals surface area contributed by atoms with Crippen LogP contribution in [0.3, 0.4) is 0 Å². The van der Waals surface area contributed by atoms with E-state index in [0.717, 1.165) is 32.1 Å². The Morgan fingerprint density at radius 3 is 0.935 bits per heavy atom. The summed E-state index contributed by atoms with van der Waals surface area (Å²) in [6.07, 6.45) is 28.3. The summed E-state index contributed by atoms with van der Waals surface area (Å²) >= 11 is 0. The van der Waals surface area contributed by atoms with Gasteiger partial charge in [0.05, 0.1) is 0 Å². The fourth-order valence-electron chi connectivity index (χ4n) is 4.50. The molecule has 0 aliphatic rings. The second-order valence-electron chi connectivity index (χ2n) is 9.91. The molecule has 31 heavy (non-hydrogen) atoms. The van der Waals surface area contributed by atoms with Gasteiger partial charge >= 0.3 is 5.97 Å². The van der Waals surface area contributed by atoms with Crippen molar-refractivity contribution in [1.29, 1.82) is 0 Å². The maximum atomic E-state index is 11.6. The molecule has 0 rings (SSSR count). The van der Waals surface area contributed by atoms with Crippen LogP contribution in [-0.4, -0.2) is 21.8 Å². The summed E-state index contributed by atoms with van der Waals surface area (Å²) in [6, 6.07) is 0. The van der Waals surface area contributed by atoms with Crippen LogP contribution in [0.15, 0.2) is 0 Å². The molecule has 0 bridgehead atoms. The summed E-state index contributed by atoms with van der Waals surface area (Å²) in [6.45, 7) is 4.50. The molecule has 0 radical (unpaired) electrons. The minimum Gasteiger partial charge on any atom is -0.479 e.